The number of halogens is 3. The number of hydrogen-bond donors (Lipinski definition) is 2. The largest absolute Gasteiger partial charge is 0.418 e. The molecule has 2 heterocycles. The molecular weight excluding hydrogens is 221 g/mol. The highest BCUT2D eigenvalue weighted by atomic mass is 19.4. The second-order valence-electron chi connectivity index (χ2n) is 3.49. The average Bonchev–Trinajstić information content (AvgIpc) is 2.43. The molecule has 0 aliphatic carbocycles. The normalized spacial score (nSPS) is 12.2. The van der Waals surface area contributed by atoms with Gasteiger partial charge in [0.25, 0.3) is 0 Å². The molecule has 0 aliphatic heterocycles. The van der Waals surface area contributed by atoms with Crippen LogP contribution in [-0.4, -0.2) is 9.55 Å². The van der Waals surface area contributed by atoms with E-state index in [0.717, 1.165) is 6.20 Å². The summed E-state index contributed by atoms with van der Waals surface area (Å²) in [6.45, 7) is 0. The number of nitrogens with two attached hydrogens (primary N) is 2. The van der Waals surface area contributed by atoms with Gasteiger partial charge < -0.3 is 16.0 Å². The number of anilines is 2. The van der Waals surface area contributed by atoms with E-state index in [0.29, 0.717) is 0 Å². The Morgan fingerprint density at radius 1 is 1.31 bits per heavy atom. The van der Waals surface area contributed by atoms with Crippen molar-refractivity contribution in [2.45, 2.75) is 6.18 Å². The third-order valence-electron chi connectivity index (χ3n) is 2.28. The molecule has 86 valence electrons. The van der Waals surface area contributed by atoms with Crippen molar-refractivity contribution in [1.82, 2.24) is 9.55 Å². The molecule has 16 heavy (non-hydrogen) atoms. The predicted octanol–water partition coefficient (Wildman–Crippen LogP) is 1.76. The van der Waals surface area contributed by atoms with Gasteiger partial charge in [-0.2, -0.15) is 13.2 Å². The van der Waals surface area contributed by atoms with Gasteiger partial charge in [0, 0.05) is 25.0 Å². The summed E-state index contributed by atoms with van der Waals surface area (Å²) in [5.74, 6) is 0.0972. The van der Waals surface area contributed by atoms with Gasteiger partial charge in [-0.3, -0.25) is 0 Å². The van der Waals surface area contributed by atoms with Crippen LogP contribution < -0.4 is 11.5 Å². The summed E-state index contributed by atoms with van der Waals surface area (Å²) in [6, 6.07) is 1.22. The number of alkyl halides is 3. The predicted molar refractivity (Wildman–Crippen MR) is 54.5 cm³/mol. The monoisotopic (exact) mass is 230 g/mol. The number of hydrogen-bond acceptors (Lipinski definition) is 3. The summed E-state index contributed by atoms with van der Waals surface area (Å²) >= 11 is 0. The van der Waals surface area contributed by atoms with Crippen molar-refractivity contribution in [2.24, 2.45) is 7.05 Å². The zero-order valence-corrected chi connectivity index (χ0v) is 8.34. The van der Waals surface area contributed by atoms with Crippen LogP contribution in [0.15, 0.2) is 12.3 Å². The summed E-state index contributed by atoms with van der Waals surface area (Å²) in [7, 11) is 1.46. The van der Waals surface area contributed by atoms with Crippen molar-refractivity contribution in [3.05, 3.63) is 17.8 Å². The van der Waals surface area contributed by atoms with Crippen LogP contribution in [0.5, 0.6) is 0 Å². The summed E-state index contributed by atoms with van der Waals surface area (Å²) in [4.78, 5) is 3.83. The topological polar surface area (TPSA) is 69.9 Å². The van der Waals surface area contributed by atoms with Crippen molar-refractivity contribution < 1.29 is 13.2 Å². The molecule has 0 bridgehead atoms. The first kappa shape index (κ1) is 10.6. The van der Waals surface area contributed by atoms with Crippen molar-refractivity contribution in [3.8, 4) is 0 Å². The van der Waals surface area contributed by atoms with Crippen LogP contribution in [0, 0.1) is 0 Å². The van der Waals surface area contributed by atoms with Crippen LogP contribution in [-0.2, 0) is 13.2 Å². The third kappa shape index (κ3) is 1.44. The Labute approximate surface area is 88.7 Å². The maximum absolute atomic E-state index is 12.7. The van der Waals surface area contributed by atoms with E-state index in [9.17, 15) is 13.2 Å². The summed E-state index contributed by atoms with van der Waals surface area (Å²) in [6.07, 6.45) is -3.50. The Balaban J connectivity index is 2.89. The van der Waals surface area contributed by atoms with Gasteiger partial charge >= 0.3 is 6.18 Å². The lowest BCUT2D eigenvalue weighted by Gasteiger charge is -2.05. The van der Waals surface area contributed by atoms with Gasteiger partial charge in [0.05, 0.1) is 10.9 Å². The number of aryl methyl sites for hydroxylation is 1. The van der Waals surface area contributed by atoms with Crippen LogP contribution in [0.25, 0.3) is 11.0 Å². The quantitative estimate of drug-likeness (QED) is 0.724. The van der Waals surface area contributed by atoms with E-state index in [1.807, 2.05) is 0 Å². The first-order valence-corrected chi connectivity index (χ1v) is 4.39. The molecule has 2 aromatic rings. The minimum absolute atomic E-state index is 0.0181. The maximum atomic E-state index is 12.7. The van der Waals surface area contributed by atoms with Crippen LogP contribution in [0.2, 0.25) is 0 Å². The van der Waals surface area contributed by atoms with Gasteiger partial charge in [0.2, 0.25) is 0 Å². The second-order valence-corrected chi connectivity index (χ2v) is 3.49. The molecule has 0 atom stereocenters. The van der Waals surface area contributed by atoms with E-state index >= 15 is 0 Å². The Morgan fingerprint density at radius 2 is 1.94 bits per heavy atom. The number of fused-ring (bicyclic) bond motifs is 1. The lowest BCUT2D eigenvalue weighted by Crippen LogP contribution is -2.05. The molecule has 0 fully saturated rings. The molecule has 0 saturated carbocycles. The lowest BCUT2D eigenvalue weighted by molar-refractivity contribution is -0.136. The van der Waals surface area contributed by atoms with Crippen LogP contribution in [0.4, 0.5) is 24.7 Å². The fraction of sp³-hybridized carbons (Fsp3) is 0.222. The molecule has 0 aliphatic rings. The molecule has 7 heteroatoms. The number of nitrogen functional groups attached to an aromatic ring is 2. The molecular formula is C9H9F3N4. The third-order valence-corrected chi connectivity index (χ3v) is 2.28. The fourth-order valence-electron chi connectivity index (χ4n) is 1.64. The first-order chi connectivity index (χ1) is 7.30. The minimum Gasteiger partial charge on any atom is -0.398 e. The number of pyridine rings is 1. The van der Waals surface area contributed by atoms with Gasteiger partial charge in [0.1, 0.15) is 11.5 Å². The zero-order chi connectivity index (χ0) is 12.1. The Hall–Kier alpha value is -1.92. The second kappa shape index (κ2) is 3.03. The molecule has 2 aromatic heterocycles. The molecule has 0 amide bonds. The standard InChI is InChI=1S/C9H9F3N4/c1-16-3-4(9(10,11)12)7-5(13)2-6(14)15-8(7)16/h2-3H,1H3,(H4,13,14,15). The first-order valence-electron chi connectivity index (χ1n) is 4.39. The van der Waals surface area contributed by atoms with Gasteiger partial charge in [-0.05, 0) is 0 Å². The Kier molecular flexibility index (Phi) is 2.01. The number of nitrogens with zero attached hydrogens (tertiary/aromatic N) is 2. The van der Waals surface area contributed by atoms with Crippen molar-refractivity contribution in [3.63, 3.8) is 0 Å². The van der Waals surface area contributed by atoms with E-state index in [2.05, 4.69) is 4.98 Å². The molecule has 4 nitrogen and oxygen atoms in total. The zero-order valence-electron chi connectivity index (χ0n) is 8.34. The van der Waals surface area contributed by atoms with Crippen LogP contribution in [0.3, 0.4) is 0 Å². The van der Waals surface area contributed by atoms with Gasteiger partial charge in [-0.15, -0.1) is 0 Å². The van der Waals surface area contributed by atoms with Crippen molar-refractivity contribution in [1.29, 1.82) is 0 Å². The van der Waals surface area contributed by atoms with Gasteiger partial charge in [0.15, 0.2) is 0 Å². The molecule has 4 N–H and O–H groups in total. The molecule has 0 unspecified atom stereocenters. The number of rotatable bonds is 0. The van der Waals surface area contributed by atoms with E-state index in [1.165, 1.54) is 17.7 Å². The van der Waals surface area contributed by atoms with Crippen LogP contribution in [0.1, 0.15) is 5.56 Å². The molecule has 0 spiro atoms. The lowest BCUT2D eigenvalue weighted by atomic mass is 10.2. The molecule has 0 radical (unpaired) electrons. The highest BCUT2D eigenvalue weighted by Crippen LogP contribution is 2.38. The van der Waals surface area contributed by atoms with E-state index in [1.54, 1.807) is 0 Å². The van der Waals surface area contributed by atoms with Gasteiger partial charge in [-0.1, -0.05) is 0 Å². The SMILES string of the molecule is Cn1cc(C(F)(F)F)c2c(N)cc(N)nc21. The Morgan fingerprint density at radius 3 is 2.50 bits per heavy atom. The minimum atomic E-state index is -4.45. The van der Waals surface area contributed by atoms with Crippen molar-refractivity contribution in [2.75, 3.05) is 11.5 Å². The molecule has 0 saturated heterocycles. The van der Waals surface area contributed by atoms with Gasteiger partial charge in [-0.25, -0.2) is 4.98 Å². The maximum Gasteiger partial charge on any atom is 0.418 e. The molecule has 2 rings (SSSR count). The smallest absolute Gasteiger partial charge is 0.398 e. The summed E-state index contributed by atoms with van der Waals surface area (Å²) in [5, 5.41) is -0.107. The van der Waals surface area contributed by atoms with Crippen molar-refractivity contribution >= 4 is 22.5 Å². The number of aromatic nitrogens is 2. The highest BCUT2D eigenvalue weighted by Gasteiger charge is 2.35. The summed E-state index contributed by atoms with van der Waals surface area (Å²) in [5.41, 5.74) is 10.3. The van der Waals surface area contributed by atoms with E-state index < -0.39 is 11.7 Å². The average molecular weight is 230 g/mol. The highest BCUT2D eigenvalue weighted by molar-refractivity contribution is 5.93. The van der Waals surface area contributed by atoms with E-state index in [4.69, 9.17) is 11.5 Å². The Bertz CT molecular complexity index is 556. The van der Waals surface area contributed by atoms with Crippen LogP contribution >= 0.6 is 0 Å². The fourth-order valence-corrected chi connectivity index (χ4v) is 1.64. The molecule has 0 aromatic carbocycles. The summed E-state index contributed by atoms with van der Waals surface area (Å²) < 4.78 is 39.3. The van der Waals surface area contributed by atoms with E-state index in [-0.39, 0.29) is 22.5 Å².